The third-order valence-corrected chi connectivity index (χ3v) is 14.8. The molecule has 0 aliphatic heterocycles. The first-order valence-corrected chi connectivity index (χ1v) is 21.1. The third-order valence-electron chi connectivity index (χ3n) is 14.8. The normalized spacial score (nSPS) is 30.9. The minimum absolute atomic E-state index is 0.0487. The molecule has 324 valence electrons. The van der Waals surface area contributed by atoms with Crippen LogP contribution >= 0.6 is 0 Å². The highest BCUT2D eigenvalue weighted by atomic mass is 19.1. The number of hydrogen-bond donors (Lipinski definition) is 5. The Balaban J connectivity index is 0.849. The fourth-order valence-corrected chi connectivity index (χ4v) is 11.3. The zero-order valence-electron chi connectivity index (χ0n) is 34.9. The van der Waals surface area contributed by atoms with Crippen molar-refractivity contribution in [3.8, 4) is 0 Å². The fraction of sp³-hybridized carbons (Fsp3) is 0.408. The Morgan fingerprint density at radius 3 is 2.35 bits per heavy atom. The second-order valence-electron chi connectivity index (χ2n) is 18.0. The van der Waals surface area contributed by atoms with Gasteiger partial charge in [-0.25, -0.2) is 14.0 Å². The maximum atomic E-state index is 17.5. The summed E-state index contributed by atoms with van der Waals surface area (Å²) in [5, 5.41) is 40.4. The van der Waals surface area contributed by atoms with Crippen molar-refractivity contribution in [3.05, 3.63) is 131 Å². The number of benzene rings is 3. The van der Waals surface area contributed by atoms with Crippen LogP contribution in [0.5, 0.6) is 0 Å². The van der Waals surface area contributed by atoms with Gasteiger partial charge in [0.15, 0.2) is 11.5 Å². The van der Waals surface area contributed by atoms with E-state index in [1.807, 2.05) is 24.3 Å². The SMILES string of the molecule is C[C@@H]1C[C@H]2[C@@H]3CCC4=CC(=O)C=C[C@]4(C)[C@@]3(F)[C@@H](O)C[C@]2(C)[C@@]1(O)C(O)COC(=O)c1ccc(C(=O)OCc2ccc([C@@H](CN)C(=O)Nc3ccc4cnccc4c3)cc2)cc1. The molecule has 3 aromatic carbocycles. The highest BCUT2D eigenvalue weighted by molar-refractivity contribution is 6.01. The first-order valence-electron chi connectivity index (χ1n) is 21.1. The summed E-state index contributed by atoms with van der Waals surface area (Å²) >= 11 is 0. The number of nitrogens with one attached hydrogen (secondary N) is 1. The number of carbonyl (C=O) groups is 4. The van der Waals surface area contributed by atoms with E-state index in [1.165, 1.54) is 36.4 Å². The zero-order chi connectivity index (χ0) is 44.2. The van der Waals surface area contributed by atoms with E-state index < -0.39 is 76.5 Å². The number of alkyl halides is 1. The number of allylic oxidation sites excluding steroid dienone is 4. The molecule has 4 aliphatic carbocycles. The molecule has 0 spiro atoms. The smallest absolute Gasteiger partial charge is 0.338 e. The number of hydrogen-bond acceptors (Lipinski definition) is 11. The monoisotopic (exact) mass is 845 g/mol. The van der Waals surface area contributed by atoms with Crippen molar-refractivity contribution in [1.82, 2.24) is 4.98 Å². The summed E-state index contributed by atoms with van der Waals surface area (Å²) in [5.41, 5.74) is 2.77. The molecule has 13 heteroatoms. The number of nitrogens with two attached hydrogens (primary N) is 1. The molecule has 0 saturated heterocycles. The fourth-order valence-electron chi connectivity index (χ4n) is 11.3. The molecule has 12 nitrogen and oxygen atoms in total. The Hall–Kier alpha value is -5.60. The Bertz CT molecular complexity index is 2470. The van der Waals surface area contributed by atoms with Crippen LogP contribution in [-0.4, -0.2) is 80.6 Å². The minimum Gasteiger partial charge on any atom is -0.459 e. The van der Waals surface area contributed by atoms with Crippen LogP contribution in [0.1, 0.15) is 84.2 Å². The second kappa shape index (κ2) is 16.3. The number of esters is 2. The van der Waals surface area contributed by atoms with Crippen LogP contribution in [0.4, 0.5) is 10.1 Å². The van der Waals surface area contributed by atoms with Gasteiger partial charge in [-0.2, -0.15) is 0 Å². The average molecular weight is 846 g/mol. The molecule has 0 radical (unpaired) electrons. The lowest BCUT2D eigenvalue weighted by Crippen LogP contribution is -2.70. The molecule has 6 N–H and O–H groups in total. The van der Waals surface area contributed by atoms with Gasteiger partial charge in [0.25, 0.3) is 0 Å². The van der Waals surface area contributed by atoms with E-state index >= 15 is 4.39 Å². The topological polar surface area (TPSA) is 198 Å². The maximum Gasteiger partial charge on any atom is 0.338 e. The Morgan fingerprint density at radius 1 is 0.968 bits per heavy atom. The summed E-state index contributed by atoms with van der Waals surface area (Å²) in [5.74, 6) is -4.06. The number of rotatable bonds is 11. The lowest BCUT2D eigenvalue weighted by Gasteiger charge is -2.63. The van der Waals surface area contributed by atoms with E-state index in [4.69, 9.17) is 15.2 Å². The van der Waals surface area contributed by atoms with Crippen LogP contribution in [0.3, 0.4) is 0 Å². The lowest BCUT2D eigenvalue weighted by atomic mass is 9.44. The van der Waals surface area contributed by atoms with Gasteiger partial charge in [0.1, 0.15) is 24.9 Å². The number of pyridine rings is 1. The van der Waals surface area contributed by atoms with Crippen molar-refractivity contribution in [2.24, 2.45) is 34.3 Å². The summed E-state index contributed by atoms with van der Waals surface area (Å²) in [6.45, 7) is 4.77. The Kier molecular flexibility index (Phi) is 11.3. The Labute approximate surface area is 359 Å². The first kappa shape index (κ1) is 43.1. The molecule has 3 saturated carbocycles. The predicted octanol–water partition coefficient (Wildman–Crippen LogP) is 6.14. The number of ether oxygens (including phenoxy) is 2. The van der Waals surface area contributed by atoms with E-state index in [0.717, 1.165) is 10.8 Å². The van der Waals surface area contributed by atoms with Crippen LogP contribution in [0.15, 0.2) is 109 Å². The van der Waals surface area contributed by atoms with E-state index in [-0.39, 0.29) is 42.4 Å². The molecule has 3 fully saturated rings. The van der Waals surface area contributed by atoms with Crippen molar-refractivity contribution < 1.29 is 48.4 Å². The van der Waals surface area contributed by atoms with Gasteiger partial charge in [-0.3, -0.25) is 14.6 Å². The molecular formula is C49H52FN3O9. The number of anilines is 1. The molecule has 4 aromatic rings. The zero-order valence-corrected chi connectivity index (χ0v) is 34.9. The van der Waals surface area contributed by atoms with Crippen LogP contribution in [0.25, 0.3) is 10.8 Å². The van der Waals surface area contributed by atoms with Gasteiger partial charge in [-0.15, -0.1) is 0 Å². The molecule has 1 aromatic heterocycles. The molecule has 8 rings (SSSR count). The Morgan fingerprint density at radius 2 is 1.66 bits per heavy atom. The minimum atomic E-state index is -2.08. The van der Waals surface area contributed by atoms with Crippen molar-refractivity contribution in [2.45, 2.75) is 82.5 Å². The molecule has 0 bridgehead atoms. The third kappa shape index (κ3) is 7.04. The molecular weight excluding hydrogens is 794 g/mol. The number of aliphatic hydroxyl groups excluding tert-OH is 2. The largest absolute Gasteiger partial charge is 0.459 e. The summed E-state index contributed by atoms with van der Waals surface area (Å²) in [4.78, 5) is 55.6. The molecule has 1 unspecified atom stereocenters. The summed E-state index contributed by atoms with van der Waals surface area (Å²) in [6.07, 6.45) is 5.92. The van der Waals surface area contributed by atoms with Crippen LogP contribution in [0, 0.1) is 28.6 Å². The summed E-state index contributed by atoms with van der Waals surface area (Å²) < 4.78 is 28.5. The number of fused-ring (bicyclic) bond motifs is 6. The number of aromatic nitrogens is 1. The first-order chi connectivity index (χ1) is 29.5. The van der Waals surface area contributed by atoms with Crippen LogP contribution < -0.4 is 11.1 Å². The highest BCUT2D eigenvalue weighted by Crippen LogP contribution is 2.71. The molecule has 4 aliphatic rings. The van der Waals surface area contributed by atoms with Gasteiger partial charge in [0.2, 0.25) is 5.91 Å². The predicted molar refractivity (Wildman–Crippen MR) is 228 cm³/mol. The number of carbonyl (C=O) groups excluding carboxylic acids is 4. The number of ketones is 1. The van der Waals surface area contributed by atoms with Crippen molar-refractivity contribution >= 4 is 40.1 Å². The van der Waals surface area contributed by atoms with E-state index in [1.54, 1.807) is 63.5 Å². The average Bonchev–Trinajstić information content (AvgIpc) is 3.47. The van der Waals surface area contributed by atoms with Gasteiger partial charge in [-0.05, 0) is 116 Å². The second-order valence-corrected chi connectivity index (χ2v) is 18.0. The number of halogens is 1. The lowest BCUT2D eigenvalue weighted by molar-refractivity contribution is -0.242. The van der Waals surface area contributed by atoms with Gasteiger partial charge < -0.3 is 35.8 Å². The van der Waals surface area contributed by atoms with E-state index in [0.29, 0.717) is 41.6 Å². The van der Waals surface area contributed by atoms with Gasteiger partial charge in [0, 0.05) is 46.8 Å². The van der Waals surface area contributed by atoms with Crippen LogP contribution in [0.2, 0.25) is 0 Å². The number of amides is 1. The standard InChI is InChI=1S/C49H52FN3O9/c1-28-20-40-39-15-13-35-22-37(54)16-18-46(35,2)48(39,50)41(55)23-47(40,3)49(28,60)42(56)27-62-45(59)32-10-8-31(9-11-32)44(58)61-26-29-4-6-30(7-5-29)38(24-51)43(57)53-36-14-12-34-25-52-19-17-33(34)21-36/h4-12,14,16-19,21-22,25,28,38-42,55-56,60H,13,15,20,23-24,26-27,51H2,1-3H3,(H,53,57)/t28-,38-,39+,40+,41+,42?,46+,47+,48+,49+/m1/s1. The van der Waals surface area contributed by atoms with Crippen LogP contribution in [-0.2, 0) is 25.7 Å². The molecule has 1 amide bonds. The van der Waals surface area contributed by atoms with Crippen molar-refractivity contribution in [3.63, 3.8) is 0 Å². The number of aliphatic hydroxyl groups is 3. The van der Waals surface area contributed by atoms with E-state index in [2.05, 4.69) is 10.3 Å². The van der Waals surface area contributed by atoms with Gasteiger partial charge in [-0.1, -0.05) is 55.8 Å². The number of nitrogens with zero attached hydrogens (tertiary/aromatic N) is 1. The molecule has 1 heterocycles. The van der Waals surface area contributed by atoms with E-state index in [9.17, 15) is 34.5 Å². The highest BCUT2D eigenvalue weighted by Gasteiger charge is 2.75. The van der Waals surface area contributed by atoms with Gasteiger partial charge in [0.05, 0.1) is 23.1 Å². The quantitative estimate of drug-likeness (QED) is 0.109. The van der Waals surface area contributed by atoms with Crippen molar-refractivity contribution in [1.29, 1.82) is 0 Å². The molecule has 62 heavy (non-hydrogen) atoms. The van der Waals surface area contributed by atoms with Crippen molar-refractivity contribution in [2.75, 3.05) is 18.5 Å². The summed E-state index contributed by atoms with van der Waals surface area (Å²) in [7, 11) is 0. The maximum absolute atomic E-state index is 17.5. The van der Waals surface area contributed by atoms with Gasteiger partial charge >= 0.3 is 11.9 Å². The summed E-state index contributed by atoms with van der Waals surface area (Å²) in [6, 6.07) is 20.1. The molecule has 10 atom stereocenters.